The minimum atomic E-state index is -0.428. The molecule has 0 spiro atoms. The summed E-state index contributed by atoms with van der Waals surface area (Å²) in [7, 11) is 0. The van der Waals surface area contributed by atoms with Crippen molar-refractivity contribution in [2.45, 2.75) is 20.0 Å². The summed E-state index contributed by atoms with van der Waals surface area (Å²) in [4.78, 5) is 16.4. The molecule has 0 unspecified atom stereocenters. The Kier molecular flexibility index (Phi) is 5.53. The first-order chi connectivity index (χ1) is 13.0. The van der Waals surface area contributed by atoms with E-state index in [0.29, 0.717) is 5.69 Å². The van der Waals surface area contributed by atoms with Crippen LogP contribution in [-0.2, 0) is 4.74 Å². The SMILES string of the molecule is CC(C)OC(=O)c1cccc(-c2ccc(C#Cc3ccc(O)cc3)cc2)n1. The second kappa shape index (κ2) is 8.20. The first kappa shape index (κ1) is 18.2. The van der Waals surface area contributed by atoms with Crippen LogP contribution in [0.2, 0.25) is 0 Å². The van der Waals surface area contributed by atoms with Gasteiger partial charge in [0, 0.05) is 16.7 Å². The van der Waals surface area contributed by atoms with Crippen molar-refractivity contribution in [3.63, 3.8) is 0 Å². The van der Waals surface area contributed by atoms with Crippen molar-refractivity contribution in [2.75, 3.05) is 0 Å². The maximum absolute atomic E-state index is 12.0. The summed E-state index contributed by atoms with van der Waals surface area (Å²) in [6.45, 7) is 3.61. The summed E-state index contributed by atoms with van der Waals surface area (Å²) in [5.74, 6) is 5.93. The highest BCUT2D eigenvalue weighted by atomic mass is 16.5. The summed E-state index contributed by atoms with van der Waals surface area (Å²) < 4.78 is 5.19. The van der Waals surface area contributed by atoms with Gasteiger partial charge in [0.2, 0.25) is 0 Å². The minimum absolute atomic E-state index is 0.186. The molecule has 0 atom stereocenters. The molecule has 0 radical (unpaired) electrons. The number of benzene rings is 2. The molecule has 0 aliphatic heterocycles. The Bertz CT molecular complexity index is 994. The van der Waals surface area contributed by atoms with E-state index in [2.05, 4.69) is 16.8 Å². The Morgan fingerprint density at radius 1 is 0.926 bits per heavy atom. The van der Waals surface area contributed by atoms with Crippen LogP contribution in [0.4, 0.5) is 0 Å². The van der Waals surface area contributed by atoms with E-state index in [9.17, 15) is 9.90 Å². The first-order valence-corrected chi connectivity index (χ1v) is 8.61. The van der Waals surface area contributed by atoms with Gasteiger partial charge in [0.25, 0.3) is 0 Å². The molecule has 0 bridgehead atoms. The number of carbonyl (C=O) groups is 1. The topological polar surface area (TPSA) is 59.4 Å². The number of aromatic hydroxyl groups is 1. The van der Waals surface area contributed by atoms with E-state index in [-0.39, 0.29) is 17.5 Å². The predicted octanol–water partition coefficient (Wildman–Crippen LogP) is 4.42. The molecule has 27 heavy (non-hydrogen) atoms. The highest BCUT2D eigenvalue weighted by molar-refractivity contribution is 5.88. The van der Waals surface area contributed by atoms with Gasteiger partial charge in [-0.1, -0.05) is 30.0 Å². The summed E-state index contributed by atoms with van der Waals surface area (Å²) >= 11 is 0. The van der Waals surface area contributed by atoms with Crippen molar-refractivity contribution in [3.8, 4) is 28.8 Å². The molecule has 1 N–H and O–H groups in total. The molecule has 1 heterocycles. The van der Waals surface area contributed by atoms with Crippen LogP contribution in [0.5, 0.6) is 5.75 Å². The van der Waals surface area contributed by atoms with E-state index in [1.807, 2.05) is 30.3 Å². The molecule has 2 aromatic carbocycles. The number of pyridine rings is 1. The third kappa shape index (κ3) is 4.96. The zero-order chi connectivity index (χ0) is 19.2. The fourth-order valence-electron chi connectivity index (χ4n) is 2.40. The van der Waals surface area contributed by atoms with E-state index < -0.39 is 5.97 Å². The van der Waals surface area contributed by atoms with Gasteiger partial charge in [0.1, 0.15) is 11.4 Å². The highest BCUT2D eigenvalue weighted by Gasteiger charge is 2.11. The Hall–Kier alpha value is -3.58. The van der Waals surface area contributed by atoms with Crippen molar-refractivity contribution in [1.82, 2.24) is 4.98 Å². The maximum Gasteiger partial charge on any atom is 0.357 e. The summed E-state index contributed by atoms with van der Waals surface area (Å²) in [6.07, 6.45) is -0.186. The summed E-state index contributed by atoms with van der Waals surface area (Å²) in [5, 5.41) is 9.29. The number of ether oxygens (including phenoxy) is 1. The smallest absolute Gasteiger partial charge is 0.357 e. The van der Waals surface area contributed by atoms with Crippen LogP contribution >= 0.6 is 0 Å². The number of phenolic OH excluding ortho intramolecular Hbond substituents is 1. The Morgan fingerprint density at radius 2 is 1.52 bits per heavy atom. The lowest BCUT2D eigenvalue weighted by Crippen LogP contribution is -2.13. The van der Waals surface area contributed by atoms with Crippen LogP contribution in [-0.4, -0.2) is 22.2 Å². The van der Waals surface area contributed by atoms with Gasteiger partial charge < -0.3 is 9.84 Å². The molecule has 0 fully saturated rings. The third-order valence-corrected chi connectivity index (χ3v) is 3.70. The lowest BCUT2D eigenvalue weighted by Gasteiger charge is -2.08. The Labute approximate surface area is 158 Å². The molecule has 0 saturated carbocycles. The molecule has 1 aromatic heterocycles. The quantitative estimate of drug-likeness (QED) is 0.557. The maximum atomic E-state index is 12.0. The number of phenols is 1. The van der Waals surface area contributed by atoms with Gasteiger partial charge in [-0.15, -0.1) is 0 Å². The van der Waals surface area contributed by atoms with Crippen LogP contribution in [0.1, 0.15) is 35.5 Å². The van der Waals surface area contributed by atoms with Gasteiger partial charge in [-0.3, -0.25) is 0 Å². The van der Waals surface area contributed by atoms with Gasteiger partial charge in [0.15, 0.2) is 0 Å². The fraction of sp³-hybridized carbons (Fsp3) is 0.130. The molecule has 0 aliphatic rings. The molecule has 4 nitrogen and oxygen atoms in total. The van der Waals surface area contributed by atoms with E-state index in [0.717, 1.165) is 16.7 Å². The predicted molar refractivity (Wildman–Crippen MR) is 104 cm³/mol. The second-order valence-electron chi connectivity index (χ2n) is 6.24. The van der Waals surface area contributed by atoms with Crippen molar-refractivity contribution < 1.29 is 14.6 Å². The number of nitrogens with zero attached hydrogens (tertiary/aromatic N) is 1. The van der Waals surface area contributed by atoms with Crippen LogP contribution in [0.3, 0.4) is 0 Å². The van der Waals surface area contributed by atoms with E-state index in [1.54, 1.807) is 50.2 Å². The lowest BCUT2D eigenvalue weighted by molar-refractivity contribution is 0.0371. The standard InChI is InChI=1S/C23H19NO3/c1-16(2)27-23(26)22-5-3-4-21(24-22)19-12-8-17(9-13-19)6-7-18-10-14-20(25)15-11-18/h3-5,8-16,25H,1-2H3. The number of hydrogen-bond donors (Lipinski definition) is 1. The van der Waals surface area contributed by atoms with Crippen molar-refractivity contribution >= 4 is 5.97 Å². The van der Waals surface area contributed by atoms with Crippen LogP contribution in [0, 0.1) is 11.8 Å². The Morgan fingerprint density at radius 3 is 2.11 bits per heavy atom. The number of carbonyl (C=O) groups excluding carboxylic acids is 1. The largest absolute Gasteiger partial charge is 0.508 e. The fourth-order valence-corrected chi connectivity index (χ4v) is 2.40. The van der Waals surface area contributed by atoms with Gasteiger partial charge in [-0.25, -0.2) is 9.78 Å². The number of hydrogen-bond acceptors (Lipinski definition) is 4. The van der Waals surface area contributed by atoms with Gasteiger partial charge in [0.05, 0.1) is 11.8 Å². The second-order valence-corrected chi connectivity index (χ2v) is 6.24. The van der Waals surface area contributed by atoms with Crippen LogP contribution in [0.15, 0.2) is 66.7 Å². The molecule has 3 aromatic rings. The highest BCUT2D eigenvalue weighted by Crippen LogP contribution is 2.18. The normalized spacial score (nSPS) is 10.2. The monoisotopic (exact) mass is 357 g/mol. The average Bonchev–Trinajstić information content (AvgIpc) is 2.67. The Balaban J connectivity index is 1.78. The van der Waals surface area contributed by atoms with E-state index in [1.165, 1.54) is 0 Å². The van der Waals surface area contributed by atoms with E-state index >= 15 is 0 Å². The number of esters is 1. The zero-order valence-electron chi connectivity index (χ0n) is 15.1. The molecular formula is C23H19NO3. The summed E-state index contributed by atoms with van der Waals surface area (Å²) in [6, 6.07) is 19.7. The average molecular weight is 357 g/mol. The van der Waals surface area contributed by atoms with Gasteiger partial charge in [-0.2, -0.15) is 0 Å². The van der Waals surface area contributed by atoms with Crippen molar-refractivity contribution in [3.05, 3.63) is 83.6 Å². The molecule has 3 rings (SSSR count). The third-order valence-electron chi connectivity index (χ3n) is 3.70. The zero-order valence-corrected chi connectivity index (χ0v) is 15.1. The molecule has 4 heteroatoms. The van der Waals surface area contributed by atoms with Crippen LogP contribution < -0.4 is 0 Å². The molecule has 0 saturated heterocycles. The molecular weight excluding hydrogens is 338 g/mol. The van der Waals surface area contributed by atoms with Crippen molar-refractivity contribution in [2.24, 2.45) is 0 Å². The minimum Gasteiger partial charge on any atom is -0.508 e. The molecule has 134 valence electrons. The number of aromatic nitrogens is 1. The first-order valence-electron chi connectivity index (χ1n) is 8.61. The van der Waals surface area contributed by atoms with Gasteiger partial charge >= 0.3 is 5.97 Å². The molecule has 0 amide bonds. The lowest BCUT2D eigenvalue weighted by atomic mass is 10.1. The number of rotatable bonds is 3. The van der Waals surface area contributed by atoms with Crippen molar-refractivity contribution in [1.29, 1.82) is 0 Å². The van der Waals surface area contributed by atoms with Crippen LogP contribution in [0.25, 0.3) is 11.3 Å². The van der Waals surface area contributed by atoms with Gasteiger partial charge in [-0.05, 0) is 62.4 Å². The molecule has 0 aliphatic carbocycles. The van der Waals surface area contributed by atoms with E-state index in [4.69, 9.17) is 4.74 Å². The summed E-state index contributed by atoms with van der Waals surface area (Å²) in [5.41, 5.74) is 3.57.